The fourth-order valence-corrected chi connectivity index (χ4v) is 3.95. The van der Waals surface area contributed by atoms with Gasteiger partial charge in [0.1, 0.15) is 5.75 Å². The number of ether oxygens (including phenoxy) is 1. The summed E-state index contributed by atoms with van der Waals surface area (Å²) < 4.78 is 68.2. The number of nitrogens with two attached hydrogens (primary N) is 1. The maximum Gasteiger partial charge on any atom is 0.422 e. The number of hydrogen-bond donors (Lipinski definition) is 2. The lowest BCUT2D eigenvalue weighted by atomic mass is 9.97. The maximum absolute atomic E-state index is 12.7. The van der Waals surface area contributed by atoms with Crippen LogP contribution in [0.1, 0.15) is 17.3 Å². The second-order valence-electron chi connectivity index (χ2n) is 7.57. The molecule has 8 nitrogen and oxygen atoms in total. The highest BCUT2D eigenvalue weighted by Gasteiger charge is 2.29. The van der Waals surface area contributed by atoms with Crippen molar-refractivity contribution in [2.45, 2.75) is 23.5 Å². The standard InChI is InChI=1S/C21H20F3N5O3S/c1-33(30,31)16-7-8-17(18(10-16)32-12-21(22,23)24)26-20-27-19-9-4-14(11-29(19)28-20)13-2-5-15(25)6-3-13/h2-10,14H,11-12,25H2,1H3,(H,26,28). The Balaban J connectivity index is 1.57. The first kappa shape index (κ1) is 22.6. The normalized spacial score (nSPS) is 15.8. The monoisotopic (exact) mass is 479 g/mol. The van der Waals surface area contributed by atoms with E-state index < -0.39 is 22.6 Å². The lowest BCUT2D eigenvalue weighted by Gasteiger charge is -2.17. The summed E-state index contributed by atoms with van der Waals surface area (Å²) in [4.78, 5) is 4.18. The van der Waals surface area contributed by atoms with Crippen LogP contribution >= 0.6 is 0 Å². The molecule has 174 valence electrons. The third-order valence-corrected chi connectivity index (χ3v) is 6.04. The number of aromatic nitrogens is 3. The molecule has 3 N–H and O–H groups in total. The van der Waals surface area contributed by atoms with Crippen LogP contribution in [0.2, 0.25) is 0 Å². The number of sulfone groups is 1. The van der Waals surface area contributed by atoms with Crippen molar-refractivity contribution in [2.75, 3.05) is 23.9 Å². The van der Waals surface area contributed by atoms with E-state index >= 15 is 0 Å². The molecule has 0 amide bonds. The molecule has 0 saturated heterocycles. The summed E-state index contributed by atoms with van der Waals surface area (Å²) in [5.74, 6) is 0.469. The van der Waals surface area contributed by atoms with Gasteiger partial charge in [-0.1, -0.05) is 18.2 Å². The van der Waals surface area contributed by atoms with E-state index in [4.69, 9.17) is 10.5 Å². The molecule has 12 heteroatoms. The van der Waals surface area contributed by atoms with Gasteiger partial charge in [0.05, 0.1) is 17.1 Å². The number of halogens is 3. The predicted molar refractivity (Wildman–Crippen MR) is 117 cm³/mol. The van der Waals surface area contributed by atoms with Crippen molar-refractivity contribution in [1.82, 2.24) is 14.8 Å². The van der Waals surface area contributed by atoms with Crippen LogP contribution in [0.5, 0.6) is 5.75 Å². The molecule has 0 aliphatic carbocycles. The average molecular weight is 479 g/mol. The molecule has 33 heavy (non-hydrogen) atoms. The fourth-order valence-electron chi connectivity index (χ4n) is 3.31. The van der Waals surface area contributed by atoms with Crippen molar-refractivity contribution >= 4 is 33.2 Å². The maximum atomic E-state index is 12.7. The zero-order valence-corrected chi connectivity index (χ0v) is 18.2. The zero-order valence-electron chi connectivity index (χ0n) is 17.4. The first-order valence-corrected chi connectivity index (χ1v) is 11.7. The molecule has 0 fully saturated rings. The van der Waals surface area contributed by atoms with Gasteiger partial charge in [0.25, 0.3) is 0 Å². The number of alkyl halides is 3. The third kappa shape index (κ3) is 5.45. The largest absolute Gasteiger partial charge is 0.482 e. The first-order chi connectivity index (χ1) is 15.5. The van der Waals surface area contributed by atoms with Gasteiger partial charge in [-0.3, -0.25) is 0 Å². The minimum atomic E-state index is -4.59. The van der Waals surface area contributed by atoms with Gasteiger partial charge in [-0.2, -0.15) is 18.2 Å². The molecule has 1 aliphatic rings. The number of nitrogen functional groups attached to an aromatic ring is 1. The van der Waals surface area contributed by atoms with Crippen LogP contribution < -0.4 is 15.8 Å². The molecule has 0 saturated carbocycles. The molecule has 0 radical (unpaired) electrons. The van der Waals surface area contributed by atoms with Crippen LogP contribution in [0.25, 0.3) is 6.08 Å². The molecule has 2 aromatic carbocycles. The molecule has 0 spiro atoms. The van der Waals surface area contributed by atoms with Crippen molar-refractivity contribution in [3.63, 3.8) is 0 Å². The number of anilines is 3. The van der Waals surface area contributed by atoms with Crippen LogP contribution in [-0.4, -0.2) is 42.2 Å². The predicted octanol–water partition coefficient (Wildman–Crippen LogP) is 3.76. The number of allylic oxidation sites excluding steroid dienone is 1. The summed E-state index contributed by atoms with van der Waals surface area (Å²) in [5, 5.41) is 7.21. The topological polar surface area (TPSA) is 112 Å². The van der Waals surface area contributed by atoms with E-state index in [0.29, 0.717) is 18.1 Å². The van der Waals surface area contributed by atoms with Gasteiger partial charge in [0.15, 0.2) is 22.3 Å². The molecule has 4 rings (SSSR count). The molecular weight excluding hydrogens is 459 g/mol. The number of nitrogens with zero attached hydrogens (tertiary/aromatic N) is 3. The van der Waals surface area contributed by atoms with E-state index in [-0.39, 0.29) is 28.2 Å². The number of rotatable bonds is 6. The zero-order chi connectivity index (χ0) is 23.8. The van der Waals surface area contributed by atoms with Crippen LogP contribution in [0.3, 0.4) is 0 Å². The minimum Gasteiger partial charge on any atom is -0.482 e. The number of benzene rings is 2. The number of fused-ring (bicyclic) bond motifs is 1. The Morgan fingerprint density at radius 2 is 1.94 bits per heavy atom. The Morgan fingerprint density at radius 3 is 2.61 bits per heavy atom. The van der Waals surface area contributed by atoms with Gasteiger partial charge in [-0.25, -0.2) is 13.1 Å². The molecule has 1 aliphatic heterocycles. The SMILES string of the molecule is CS(=O)(=O)c1ccc(Nc2nc3n(n2)CC(c2ccc(N)cc2)C=C3)c(OCC(F)(F)F)c1. The second-order valence-corrected chi connectivity index (χ2v) is 9.58. The fraction of sp³-hybridized carbons (Fsp3) is 0.238. The third-order valence-electron chi connectivity index (χ3n) is 4.93. The summed E-state index contributed by atoms with van der Waals surface area (Å²) in [6.07, 6.45) is 0.151. The molecule has 3 aromatic rings. The van der Waals surface area contributed by atoms with Crippen molar-refractivity contribution in [1.29, 1.82) is 0 Å². The van der Waals surface area contributed by atoms with Crippen molar-refractivity contribution in [2.24, 2.45) is 0 Å². The molecule has 1 atom stereocenters. The molecule has 1 aromatic heterocycles. The Bertz CT molecular complexity index is 1300. The van der Waals surface area contributed by atoms with E-state index in [1.165, 1.54) is 12.1 Å². The highest BCUT2D eigenvalue weighted by Crippen LogP contribution is 2.32. The van der Waals surface area contributed by atoms with Gasteiger partial charge < -0.3 is 15.8 Å². The lowest BCUT2D eigenvalue weighted by Crippen LogP contribution is -2.19. The van der Waals surface area contributed by atoms with E-state index in [0.717, 1.165) is 17.9 Å². The van der Waals surface area contributed by atoms with Crippen LogP contribution in [-0.2, 0) is 16.4 Å². The lowest BCUT2D eigenvalue weighted by molar-refractivity contribution is -0.153. The quantitative estimate of drug-likeness (QED) is 0.518. The Kier molecular flexibility index (Phi) is 5.78. The van der Waals surface area contributed by atoms with Gasteiger partial charge in [0, 0.05) is 23.9 Å². The first-order valence-electron chi connectivity index (χ1n) is 9.77. The summed E-state index contributed by atoms with van der Waals surface area (Å²) in [6, 6.07) is 11.1. The summed E-state index contributed by atoms with van der Waals surface area (Å²) in [7, 11) is -3.65. The minimum absolute atomic E-state index is 0.0485. The molecule has 0 bridgehead atoms. The smallest absolute Gasteiger partial charge is 0.422 e. The molecule has 1 unspecified atom stereocenters. The van der Waals surface area contributed by atoms with Crippen LogP contribution in [0.4, 0.5) is 30.5 Å². The second kappa shape index (κ2) is 8.43. The summed E-state index contributed by atoms with van der Waals surface area (Å²) in [6.45, 7) is -1.07. The Morgan fingerprint density at radius 1 is 1.21 bits per heavy atom. The molecule has 2 heterocycles. The van der Waals surface area contributed by atoms with Gasteiger partial charge >= 0.3 is 6.18 Å². The molecular formula is C21H20F3N5O3S. The summed E-state index contributed by atoms with van der Waals surface area (Å²) in [5.41, 5.74) is 7.56. The van der Waals surface area contributed by atoms with E-state index in [1.54, 1.807) is 10.8 Å². The summed E-state index contributed by atoms with van der Waals surface area (Å²) >= 11 is 0. The van der Waals surface area contributed by atoms with Crippen LogP contribution in [0.15, 0.2) is 53.4 Å². The average Bonchev–Trinajstić information content (AvgIpc) is 3.13. The van der Waals surface area contributed by atoms with Gasteiger partial charge in [-0.15, -0.1) is 5.10 Å². The van der Waals surface area contributed by atoms with Crippen LogP contribution in [0, 0.1) is 0 Å². The van der Waals surface area contributed by atoms with Gasteiger partial charge in [-0.05, 0) is 35.9 Å². The van der Waals surface area contributed by atoms with Crippen molar-refractivity contribution in [3.8, 4) is 5.75 Å². The van der Waals surface area contributed by atoms with Crippen molar-refractivity contribution in [3.05, 3.63) is 59.9 Å². The highest BCUT2D eigenvalue weighted by molar-refractivity contribution is 7.90. The Hall–Kier alpha value is -3.54. The number of hydrogen-bond acceptors (Lipinski definition) is 7. The van der Waals surface area contributed by atoms with Gasteiger partial charge in [0.2, 0.25) is 5.95 Å². The Labute approximate surface area is 187 Å². The van der Waals surface area contributed by atoms with Crippen molar-refractivity contribution < 1.29 is 26.3 Å². The van der Waals surface area contributed by atoms with E-state index in [9.17, 15) is 21.6 Å². The van der Waals surface area contributed by atoms with E-state index in [2.05, 4.69) is 15.4 Å². The highest BCUT2D eigenvalue weighted by atomic mass is 32.2. The number of nitrogens with one attached hydrogen (secondary N) is 1. The van der Waals surface area contributed by atoms with E-state index in [1.807, 2.05) is 30.3 Å².